The van der Waals surface area contributed by atoms with Crippen molar-refractivity contribution in [3.8, 4) is 6.07 Å². The van der Waals surface area contributed by atoms with Crippen LogP contribution in [0, 0.1) is 11.3 Å². The Morgan fingerprint density at radius 2 is 1.76 bits per heavy atom. The third-order valence-corrected chi connectivity index (χ3v) is 6.79. The molecule has 2 fully saturated rings. The number of urea groups is 1. The van der Waals surface area contributed by atoms with Crippen LogP contribution in [0.3, 0.4) is 0 Å². The molecule has 0 spiro atoms. The van der Waals surface area contributed by atoms with Crippen molar-refractivity contribution in [1.82, 2.24) is 14.5 Å². The van der Waals surface area contributed by atoms with E-state index >= 15 is 0 Å². The smallest absolute Gasteiger partial charge is 0.317 e. The Balaban J connectivity index is 1.63. The van der Waals surface area contributed by atoms with Gasteiger partial charge in [0.15, 0.2) is 0 Å². The van der Waals surface area contributed by atoms with Gasteiger partial charge in [0.1, 0.15) is 6.07 Å². The van der Waals surface area contributed by atoms with E-state index in [1.165, 1.54) is 16.4 Å². The highest BCUT2D eigenvalue weighted by molar-refractivity contribution is 7.89. The summed E-state index contributed by atoms with van der Waals surface area (Å²) in [5.74, 6) is 0. The second-order valence-corrected chi connectivity index (χ2v) is 8.34. The minimum atomic E-state index is -3.72. The zero-order valence-corrected chi connectivity index (χ0v) is 14.8. The lowest BCUT2D eigenvalue weighted by Crippen LogP contribution is -2.54. The lowest BCUT2D eigenvalue weighted by Gasteiger charge is -2.34. The van der Waals surface area contributed by atoms with Gasteiger partial charge in [-0.15, -0.1) is 0 Å². The van der Waals surface area contributed by atoms with Crippen LogP contribution >= 0.6 is 0 Å². The average molecular weight is 362 g/mol. The second kappa shape index (κ2) is 7.42. The monoisotopic (exact) mass is 362 g/mol. The largest absolute Gasteiger partial charge is 0.335 e. The van der Waals surface area contributed by atoms with Gasteiger partial charge in [0.05, 0.1) is 10.5 Å². The van der Waals surface area contributed by atoms with E-state index < -0.39 is 10.0 Å². The minimum Gasteiger partial charge on any atom is -0.335 e. The molecule has 1 saturated heterocycles. The zero-order chi connectivity index (χ0) is 17.9. The average Bonchev–Trinajstić information content (AvgIpc) is 3.14. The van der Waals surface area contributed by atoms with Gasteiger partial charge in [0.25, 0.3) is 0 Å². The van der Waals surface area contributed by atoms with Crippen LogP contribution in [0.5, 0.6) is 0 Å². The van der Waals surface area contributed by atoms with Gasteiger partial charge in [0.2, 0.25) is 10.0 Å². The molecule has 8 heteroatoms. The van der Waals surface area contributed by atoms with Gasteiger partial charge in [-0.3, -0.25) is 0 Å². The first kappa shape index (κ1) is 17.7. The van der Waals surface area contributed by atoms with Crippen LogP contribution in [0.25, 0.3) is 0 Å². The quantitative estimate of drug-likeness (QED) is 0.882. The molecule has 3 rings (SSSR count). The molecule has 0 atom stereocenters. The number of rotatable bonds is 3. The second-order valence-electron chi connectivity index (χ2n) is 6.43. The lowest BCUT2D eigenvalue weighted by molar-refractivity contribution is 0.169. The summed E-state index contributed by atoms with van der Waals surface area (Å²) in [7, 11) is -3.72. The lowest BCUT2D eigenvalue weighted by atomic mass is 10.2. The van der Waals surface area contributed by atoms with Crippen LogP contribution in [0.15, 0.2) is 29.2 Å². The summed E-state index contributed by atoms with van der Waals surface area (Å²) in [6, 6.07) is 8.27. The van der Waals surface area contributed by atoms with Gasteiger partial charge in [-0.1, -0.05) is 25.0 Å². The molecule has 2 aliphatic rings. The van der Waals surface area contributed by atoms with Crippen molar-refractivity contribution < 1.29 is 13.2 Å². The van der Waals surface area contributed by atoms with Crippen molar-refractivity contribution in [3.63, 3.8) is 0 Å². The molecular weight excluding hydrogens is 340 g/mol. The van der Waals surface area contributed by atoms with Crippen molar-refractivity contribution in [2.24, 2.45) is 0 Å². The minimum absolute atomic E-state index is 0.0290. The molecule has 0 aromatic heterocycles. The number of carbonyl (C=O) groups excluding carboxylic acids is 1. The van der Waals surface area contributed by atoms with Gasteiger partial charge < -0.3 is 10.2 Å². The Morgan fingerprint density at radius 3 is 2.40 bits per heavy atom. The molecule has 1 aromatic carbocycles. The molecule has 0 unspecified atom stereocenters. The van der Waals surface area contributed by atoms with Crippen LogP contribution in [0.1, 0.15) is 31.2 Å². The van der Waals surface area contributed by atoms with Crippen LogP contribution in [-0.2, 0) is 10.0 Å². The van der Waals surface area contributed by atoms with Gasteiger partial charge in [-0.05, 0) is 25.0 Å². The number of nitrogens with zero attached hydrogens (tertiary/aromatic N) is 3. The maximum Gasteiger partial charge on any atom is 0.317 e. The van der Waals surface area contributed by atoms with Crippen molar-refractivity contribution in [3.05, 3.63) is 29.8 Å². The predicted molar refractivity (Wildman–Crippen MR) is 92.3 cm³/mol. The normalized spacial score (nSPS) is 19.6. The van der Waals surface area contributed by atoms with Crippen LogP contribution in [-0.4, -0.2) is 55.9 Å². The molecular formula is C17H22N4O3S. The molecule has 1 saturated carbocycles. The van der Waals surface area contributed by atoms with E-state index in [-0.39, 0.29) is 35.6 Å². The summed E-state index contributed by atoms with van der Waals surface area (Å²) in [6.45, 7) is 1.18. The maximum absolute atomic E-state index is 12.8. The van der Waals surface area contributed by atoms with Crippen molar-refractivity contribution in [2.75, 3.05) is 26.2 Å². The summed E-state index contributed by atoms with van der Waals surface area (Å²) in [4.78, 5) is 14.0. The molecule has 1 aliphatic heterocycles. The number of nitriles is 1. The SMILES string of the molecule is N#Cc1ccccc1S(=O)(=O)N1CCN(C(=O)NC2CCCC2)CC1. The Kier molecular flexibility index (Phi) is 5.25. The number of carbonyl (C=O) groups is 1. The number of piperazine rings is 1. The Morgan fingerprint density at radius 1 is 1.12 bits per heavy atom. The number of sulfonamides is 1. The fourth-order valence-electron chi connectivity index (χ4n) is 3.39. The number of amides is 2. The Labute approximate surface area is 148 Å². The van der Waals surface area contributed by atoms with Gasteiger partial charge in [-0.25, -0.2) is 13.2 Å². The molecule has 0 bridgehead atoms. The number of nitrogens with one attached hydrogen (secondary N) is 1. The first-order valence-corrected chi connectivity index (χ1v) is 10.0. The summed E-state index contributed by atoms with van der Waals surface area (Å²) in [5.41, 5.74) is 0.143. The molecule has 1 heterocycles. The fourth-order valence-corrected chi connectivity index (χ4v) is 4.95. The third-order valence-electron chi connectivity index (χ3n) is 4.83. The highest BCUT2D eigenvalue weighted by Crippen LogP contribution is 2.21. The number of benzene rings is 1. The van der Waals surface area contributed by atoms with Gasteiger partial charge in [-0.2, -0.15) is 9.57 Å². The topological polar surface area (TPSA) is 93.5 Å². The van der Waals surface area contributed by atoms with E-state index in [4.69, 9.17) is 5.26 Å². The van der Waals surface area contributed by atoms with Crippen molar-refractivity contribution in [2.45, 2.75) is 36.6 Å². The van der Waals surface area contributed by atoms with Crippen molar-refractivity contribution in [1.29, 1.82) is 5.26 Å². The van der Waals surface area contributed by atoms with Crippen LogP contribution < -0.4 is 5.32 Å². The predicted octanol–water partition coefficient (Wildman–Crippen LogP) is 1.52. The highest BCUT2D eigenvalue weighted by Gasteiger charge is 2.32. The molecule has 1 aromatic rings. The summed E-state index contributed by atoms with van der Waals surface area (Å²) in [5, 5.41) is 12.2. The molecule has 0 radical (unpaired) electrons. The van der Waals surface area contributed by atoms with E-state index in [0.717, 1.165) is 25.7 Å². The summed E-state index contributed by atoms with van der Waals surface area (Å²) < 4.78 is 26.9. The van der Waals surface area contributed by atoms with Gasteiger partial charge in [0, 0.05) is 32.2 Å². The molecule has 1 aliphatic carbocycles. The molecule has 134 valence electrons. The Bertz CT molecular complexity index is 773. The standard InChI is InChI=1S/C17H22N4O3S/c18-13-14-5-1-4-8-16(14)25(23,24)21-11-9-20(10-12-21)17(22)19-15-6-2-3-7-15/h1,4-5,8,15H,2-3,6-7,9-12H2,(H,19,22). The third kappa shape index (κ3) is 3.78. The van der Waals surface area contributed by atoms with Crippen LogP contribution in [0.2, 0.25) is 0 Å². The molecule has 1 N–H and O–H groups in total. The maximum atomic E-state index is 12.8. The van der Waals surface area contributed by atoms with Gasteiger partial charge >= 0.3 is 6.03 Å². The zero-order valence-electron chi connectivity index (χ0n) is 14.0. The Hall–Kier alpha value is -2.11. The van der Waals surface area contributed by atoms with E-state index in [9.17, 15) is 13.2 Å². The molecule has 25 heavy (non-hydrogen) atoms. The first-order chi connectivity index (χ1) is 12.0. The first-order valence-electron chi connectivity index (χ1n) is 8.57. The molecule has 2 amide bonds. The summed E-state index contributed by atoms with van der Waals surface area (Å²) in [6.07, 6.45) is 4.33. The summed E-state index contributed by atoms with van der Waals surface area (Å²) >= 11 is 0. The number of hydrogen-bond acceptors (Lipinski definition) is 4. The number of hydrogen-bond donors (Lipinski definition) is 1. The van der Waals surface area contributed by atoms with Crippen LogP contribution in [0.4, 0.5) is 4.79 Å². The van der Waals surface area contributed by atoms with Crippen molar-refractivity contribution >= 4 is 16.1 Å². The van der Waals surface area contributed by atoms with E-state index in [0.29, 0.717) is 13.1 Å². The fraction of sp³-hybridized carbons (Fsp3) is 0.529. The van der Waals surface area contributed by atoms with E-state index in [1.807, 2.05) is 6.07 Å². The highest BCUT2D eigenvalue weighted by atomic mass is 32.2. The van der Waals surface area contributed by atoms with E-state index in [1.54, 1.807) is 17.0 Å². The van der Waals surface area contributed by atoms with E-state index in [2.05, 4.69) is 5.32 Å². The molecule has 7 nitrogen and oxygen atoms in total.